The van der Waals surface area contributed by atoms with Crippen molar-refractivity contribution in [2.45, 2.75) is 63.8 Å². The van der Waals surface area contributed by atoms with Crippen molar-refractivity contribution in [1.82, 2.24) is 20.0 Å². The molecule has 1 heterocycles. The van der Waals surface area contributed by atoms with Gasteiger partial charge in [-0.2, -0.15) is 0 Å². The van der Waals surface area contributed by atoms with Gasteiger partial charge in [0.1, 0.15) is 5.78 Å². The zero-order valence-corrected chi connectivity index (χ0v) is 19.1. The largest absolute Gasteiger partial charge is 0.336 e. The quantitative estimate of drug-likeness (QED) is 0.714. The summed E-state index contributed by atoms with van der Waals surface area (Å²) in [5.74, 6) is 0.717. The Hall–Kier alpha value is -1.47. The monoisotopic (exact) mass is 420 g/mol. The third kappa shape index (κ3) is 6.03. The van der Waals surface area contributed by atoms with E-state index in [0.29, 0.717) is 50.2 Å². The number of imide groups is 1. The normalized spacial score (nSPS) is 28.3. The highest BCUT2D eigenvalue weighted by molar-refractivity contribution is 5.95. The first kappa shape index (κ1) is 23.2. The highest BCUT2D eigenvalue weighted by Crippen LogP contribution is 2.36. The third-order valence-electron chi connectivity index (χ3n) is 7.28. The second-order valence-electron chi connectivity index (χ2n) is 9.97. The Morgan fingerprint density at radius 1 is 1.13 bits per heavy atom. The number of piperidine rings is 1. The minimum Gasteiger partial charge on any atom is -0.336 e. The number of hydrogen-bond acceptors (Lipinski definition) is 5. The van der Waals surface area contributed by atoms with E-state index >= 15 is 0 Å². The maximum Gasteiger partial charge on any atom is 0.324 e. The second-order valence-corrected chi connectivity index (χ2v) is 9.97. The molecule has 170 valence electrons. The highest BCUT2D eigenvalue weighted by atomic mass is 16.2. The van der Waals surface area contributed by atoms with Crippen molar-refractivity contribution in [2.75, 3.05) is 47.3 Å². The number of hydrogen-bond donors (Lipinski definition) is 1. The van der Waals surface area contributed by atoms with Crippen molar-refractivity contribution in [3.63, 3.8) is 0 Å². The van der Waals surface area contributed by atoms with E-state index in [2.05, 4.69) is 17.3 Å². The Morgan fingerprint density at radius 3 is 2.57 bits per heavy atom. The summed E-state index contributed by atoms with van der Waals surface area (Å²) in [6.45, 7) is 2.49. The SMILES string of the molecule is CN(C)CCNC(=O)N(CC1CCCCC1)C(=O)[C@@H]1C[C@@H]2CC(=O)CC[C@H]2N(C)C1. The van der Waals surface area contributed by atoms with Crippen LogP contribution in [0.1, 0.15) is 57.8 Å². The van der Waals surface area contributed by atoms with Gasteiger partial charge in [0.15, 0.2) is 0 Å². The number of urea groups is 1. The molecule has 3 aliphatic rings. The lowest BCUT2D eigenvalue weighted by Crippen LogP contribution is -2.56. The number of likely N-dealkylation sites (tertiary alicyclic amines) is 1. The van der Waals surface area contributed by atoms with E-state index < -0.39 is 0 Å². The molecule has 1 N–H and O–H groups in total. The topological polar surface area (TPSA) is 73.0 Å². The smallest absolute Gasteiger partial charge is 0.324 e. The van der Waals surface area contributed by atoms with Gasteiger partial charge in [0.2, 0.25) is 5.91 Å². The lowest BCUT2D eigenvalue weighted by atomic mass is 9.74. The average Bonchev–Trinajstić information content (AvgIpc) is 2.71. The molecule has 2 aliphatic carbocycles. The standard InChI is InChI=1S/C23H40N4O3/c1-25(2)12-11-24-23(30)27(15-17-7-5-4-6-8-17)22(29)19-13-18-14-20(28)9-10-21(18)26(3)16-19/h17-19,21H,4-16H2,1-3H3,(H,24,30)/t18-,19-,21-/m1/s1. The fourth-order valence-corrected chi connectivity index (χ4v) is 5.60. The van der Waals surface area contributed by atoms with Crippen LogP contribution in [0, 0.1) is 17.8 Å². The fourth-order valence-electron chi connectivity index (χ4n) is 5.60. The molecule has 1 aliphatic heterocycles. The van der Waals surface area contributed by atoms with Crippen LogP contribution >= 0.6 is 0 Å². The number of likely N-dealkylation sites (N-methyl/N-ethyl adjacent to an activating group) is 1. The van der Waals surface area contributed by atoms with Gasteiger partial charge in [-0.1, -0.05) is 19.3 Å². The second kappa shape index (κ2) is 10.7. The lowest BCUT2D eigenvalue weighted by Gasteiger charge is -2.45. The molecule has 0 aromatic rings. The molecule has 7 nitrogen and oxygen atoms in total. The van der Waals surface area contributed by atoms with Gasteiger partial charge in [-0.15, -0.1) is 0 Å². The van der Waals surface area contributed by atoms with Crippen molar-refractivity contribution in [3.05, 3.63) is 0 Å². The number of amides is 3. The van der Waals surface area contributed by atoms with Crippen molar-refractivity contribution in [2.24, 2.45) is 17.8 Å². The summed E-state index contributed by atoms with van der Waals surface area (Å²) in [5, 5.41) is 2.96. The first-order chi connectivity index (χ1) is 14.3. The van der Waals surface area contributed by atoms with Crippen LogP contribution < -0.4 is 5.32 Å². The predicted octanol–water partition coefficient (Wildman–Crippen LogP) is 2.36. The van der Waals surface area contributed by atoms with Crippen LogP contribution in [-0.4, -0.2) is 85.8 Å². The van der Waals surface area contributed by atoms with E-state index in [1.807, 2.05) is 19.0 Å². The Balaban J connectivity index is 1.68. The molecule has 0 aromatic carbocycles. The Morgan fingerprint density at radius 2 is 1.87 bits per heavy atom. The van der Waals surface area contributed by atoms with Gasteiger partial charge >= 0.3 is 6.03 Å². The van der Waals surface area contributed by atoms with Crippen LogP contribution in [0.4, 0.5) is 4.79 Å². The van der Waals surface area contributed by atoms with Crippen LogP contribution in [-0.2, 0) is 9.59 Å². The summed E-state index contributed by atoms with van der Waals surface area (Å²) in [4.78, 5) is 44.3. The minimum atomic E-state index is -0.253. The van der Waals surface area contributed by atoms with E-state index in [0.717, 1.165) is 32.2 Å². The van der Waals surface area contributed by atoms with Crippen molar-refractivity contribution in [1.29, 1.82) is 0 Å². The maximum absolute atomic E-state index is 13.6. The first-order valence-electron chi connectivity index (χ1n) is 11.8. The summed E-state index contributed by atoms with van der Waals surface area (Å²) < 4.78 is 0. The van der Waals surface area contributed by atoms with Crippen molar-refractivity contribution < 1.29 is 14.4 Å². The fraction of sp³-hybridized carbons (Fsp3) is 0.870. The third-order valence-corrected chi connectivity index (χ3v) is 7.28. The molecule has 7 heteroatoms. The molecule has 3 rings (SSSR count). The van der Waals surface area contributed by atoms with Gasteiger partial charge in [0, 0.05) is 45.1 Å². The summed E-state index contributed by atoms with van der Waals surface area (Å²) in [6, 6.07) is 0.143. The van der Waals surface area contributed by atoms with E-state index in [-0.39, 0.29) is 23.8 Å². The molecule has 2 saturated carbocycles. The van der Waals surface area contributed by atoms with Gasteiger partial charge in [-0.05, 0) is 58.7 Å². The molecule has 0 bridgehead atoms. The number of carbonyl (C=O) groups is 3. The zero-order chi connectivity index (χ0) is 21.7. The van der Waals surface area contributed by atoms with Gasteiger partial charge in [-0.25, -0.2) is 4.79 Å². The molecule has 30 heavy (non-hydrogen) atoms. The van der Waals surface area contributed by atoms with E-state index in [4.69, 9.17) is 0 Å². The Kier molecular flexibility index (Phi) is 8.28. The molecule has 3 amide bonds. The molecule has 0 spiro atoms. The molecule has 3 atom stereocenters. The highest BCUT2D eigenvalue weighted by Gasteiger charge is 2.42. The van der Waals surface area contributed by atoms with E-state index in [1.54, 1.807) is 0 Å². The lowest BCUT2D eigenvalue weighted by molar-refractivity contribution is -0.138. The molecule has 0 unspecified atom stereocenters. The molecule has 0 aromatic heterocycles. The molecular formula is C23H40N4O3. The summed E-state index contributed by atoms with van der Waals surface area (Å²) in [6.07, 6.45) is 8.69. The minimum absolute atomic E-state index is 0.0498. The van der Waals surface area contributed by atoms with Crippen molar-refractivity contribution >= 4 is 17.7 Å². The Labute approximate surface area is 181 Å². The van der Waals surface area contributed by atoms with Gasteiger partial charge in [-0.3, -0.25) is 14.5 Å². The number of nitrogens with one attached hydrogen (secondary N) is 1. The van der Waals surface area contributed by atoms with Gasteiger partial charge in [0.05, 0.1) is 5.92 Å². The maximum atomic E-state index is 13.6. The van der Waals surface area contributed by atoms with E-state index in [9.17, 15) is 14.4 Å². The number of fused-ring (bicyclic) bond motifs is 1. The first-order valence-corrected chi connectivity index (χ1v) is 11.8. The molecular weight excluding hydrogens is 380 g/mol. The molecule has 3 fully saturated rings. The number of rotatable bonds is 6. The Bertz CT molecular complexity index is 618. The number of nitrogens with zero attached hydrogens (tertiary/aromatic N) is 3. The van der Waals surface area contributed by atoms with Crippen LogP contribution in [0.2, 0.25) is 0 Å². The van der Waals surface area contributed by atoms with E-state index in [1.165, 1.54) is 24.2 Å². The summed E-state index contributed by atoms with van der Waals surface area (Å²) in [5.41, 5.74) is 0. The molecule has 1 saturated heterocycles. The molecule has 0 radical (unpaired) electrons. The van der Waals surface area contributed by atoms with Gasteiger partial charge < -0.3 is 15.1 Å². The predicted molar refractivity (Wildman–Crippen MR) is 117 cm³/mol. The number of ketones is 1. The van der Waals surface area contributed by atoms with Crippen LogP contribution in [0.5, 0.6) is 0 Å². The van der Waals surface area contributed by atoms with Crippen LogP contribution in [0.15, 0.2) is 0 Å². The zero-order valence-electron chi connectivity index (χ0n) is 19.1. The average molecular weight is 421 g/mol. The summed E-state index contributed by atoms with van der Waals surface area (Å²) in [7, 11) is 6.00. The number of carbonyl (C=O) groups excluding carboxylic acids is 3. The van der Waals surface area contributed by atoms with Gasteiger partial charge in [0.25, 0.3) is 0 Å². The summed E-state index contributed by atoms with van der Waals surface area (Å²) >= 11 is 0. The van der Waals surface area contributed by atoms with Crippen LogP contribution in [0.25, 0.3) is 0 Å². The number of Topliss-reactive ketones (excluding diaryl/α,β-unsaturated/α-hetero) is 1. The van der Waals surface area contributed by atoms with Crippen LogP contribution in [0.3, 0.4) is 0 Å². The van der Waals surface area contributed by atoms with Crippen molar-refractivity contribution in [3.8, 4) is 0 Å².